The van der Waals surface area contributed by atoms with E-state index in [4.69, 9.17) is 5.73 Å². The van der Waals surface area contributed by atoms with Crippen molar-refractivity contribution in [1.82, 2.24) is 4.98 Å². The molecule has 2 aromatic rings. The summed E-state index contributed by atoms with van der Waals surface area (Å²) >= 11 is 3.28. The maximum atomic E-state index is 12.6. The lowest BCUT2D eigenvalue weighted by atomic mass is 10.2. The third-order valence-electron chi connectivity index (χ3n) is 2.33. The molecule has 0 aliphatic rings. The summed E-state index contributed by atoms with van der Waals surface area (Å²) in [7, 11) is 0. The van der Waals surface area contributed by atoms with E-state index in [9.17, 15) is 13.2 Å². The summed E-state index contributed by atoms with van der Waals surface area (Å²) < 4.78 is 38.5. The maximum Gasteiger partial charge on any atom is 0.433 e. The molecule has 1 aromatic carbocycles. The number of halogens is 4. The molecule has 0 saturated carbocycles. The molecule has 2 rings (SSSR count). The van der Waals surface area contributed by atoms with Crippen molar-refractivity contribution >= 4 is 33.0 Å². The van der Waals surface area contributed by atoms with Gasteiger partial charge in [-0.3, -0.25) is 0 Å². The Morgan fingerprint density at radius 1 is 1.21 bits per heavy atom. The predicted molar refractivity (Wildman–Crippen MR) is 71.1 cm³/mol. The van der Waals surface area contributed by atoms with Crippen molar-refractivity contribution in [2.24, 2.45) is 0 Å². The summed E-state index contributed by atoms with van der Waals surface area (Å²) in [6, 6.07) is 7.90. The lowest BCUT2D eigenvalue weighted by molar-refractivity contribution is -0.141. The number of pyridine rings is 1. The Bertz CT molecular complexity index is 599. The van der Waals surface area contributed by atoms with E-state index in [-0.39, 0.29) is 11.4 Å². The van der Waals surface area contributed by atoms with Gasteiger partial charge in [-0.1, -0.05) is 22.0 Å². The van der Waals surface area contributed by atoms with E-state index in [1.807, 2.05) is 6.07 Å². The van der Waals surface area contributed by atoms with Gasteiger partial charge in [0.15, 0.2) is 0 Å². The van der Waals surface area contributed by atoms with Gasteiger partial charge in [0.25, 0.3) is 0 Å². The van der Waals surface area contributed by atoms with E-state index < -0.39 is 11.9 Å². The monoisotopic (exact) mass is 331 g/mol. The Balaban J connectivity index is 2.34. The average molecular weight is 332 g/mol. The van der Waals surface area contributed by atoms with Crippen LogP contribution in [-0.4, -0.2) is 4.98 Å². The molecule has 0 saturated heterocycles. The number of hydrogen-bond donors (Lipinski definition) is 2. The van der Waals surface area contributed by atoms with Gasteiger partial charge in [0.1, 0.15) is 5.69 Å². The number of nitrogens with one attached hydrogen (secondary N) is 1. The minimum absolute atomic E-state index is 0.146. The molecule has 1 heterocycles. The number of alkyl halides is 3. The molecule has 0 aliphatic carbocycles. The van der Waals surface area contributed by atoms with Crippen molar-refractivity contribution in [3.63, 3.8) is 0 Å². The van der Waals surface area contributed by atoms with Gasteiger partial charge in [0, 0.05) is 10.2 Å². The molecule has 0 amide bonds. The number of nitrogen functional groups attached to an aromatic ring is 1. The van der Waals surface area contributed by atoms with Gasteiger partial charge in [-0.15, -0.1) is 0 Å². The average Bonchev–Trinajstić information content (AvgIpc) is 2.30. The first-order valence-corrected chi connectivity index (χ1v) is 6.01. The molecular formula is C12H9BrF3N3. The number of hydrogen-bond acceptors (Lipinski definition) is 3. The van der Waals surface area contributed by atoms with E-state index in [1.54, 1.807) is 18.2 Å². The van der Waals surface area contributed by atoms with Crippen molar-refractivity contribution in [2.45, 2.75) is 6.18 Å². The molecule has 0 unspecified atom stereocenters. The van der Waals surface area contributed by atoms with Crippen molar-refractivity contribution in [1.29, 1.82) is 0 Å². The second-order valence-electron chi connectivity index (χ2n) is 3.79. The van der Waals surface area contributed by atoms with Crippen LogP contribution in [0, 0.1) is 0 Å². The highest BCUT2D eigenvalue weighted by Crippen LogP contribution is 2.32. The van der Waals surface area contributed by atoms with E-state index >= 15 is 0 Å². The van der Waals surface area contributed by atoms with Gasteiger partial charge >= 0.3 is 6.18 Å². The summed E-state index contributed by atoms with van der Waals surface area (Å²) in [6.45, 7) is 0. The number of aromatic nitrogens is 1. The highest BCUT2D eigenvalue weighted by atomic mass is 79.9. The molecule has 3 nitrogen and oxygen atoms in total. The Kier molecular flexibility index (Phi) is 3.66. The van der Waals surface area contributed by atoms with E-state index in [0.717, 1.165) is 16.7 Å². The van der Waals surface area contributed by atoms with Crippen LogP contribution in [0.15, 0.2) is 41.0 Å². The summed E-state index contributed by atoms with van der Waals surface area (Å²) in [5, 5.41) is 2.83. The van der Waals surface area contributed by atoms with Crippen LogP contribution >= 0.6 is 15.9 Å². The minimum atomic E-state index is -4.50. The van der Waals surface area contributed by atoms with E-state index in [0.29, 0.717) is 5.69 Å². The lowest BCUT2D eigenvalue weighted by Gasteiger charge is -2.12. The largest absolute Gasteiger partial charge is 0.433 e. The Hall–Kier alpha value is -1.76. The standard InChI is InChI=1S/C12H9BrF3N3/c13-7-2-1-3-8(4-7)19-10-5-11(12(14,15)16)18-6-9(10)17/h1-6H,17H2,(H,18,19). The molecule has 0 bridgehead atoms. The highest BCUT2D eigenvalue weighted by Gasteiger charge is 2.32. The first kappa shape index (κ1) is 13.7. The molecule has 19 heavy (non-hydrogen) atoms. The number of anilines is 3. The van der Waals surface area contributed by atoms with Gasteiger partial charge in [0.05, 0.1) is 17.6 Å². The highest BCUT2D eigenvalue weighted by molar-refractivity contribution is 9.10. The van der Waals surface area contributed by atoms with Crippen molar-refractivity contribution in [3.05, 3.63) is 46.7 Å². The van der Waals surface area contributed by atoms with Gasteiger partial charge in [-0.25, -0.2) is 4.98 Å². The van der Waals surface area contributed by atoms with E-state index in [2.05, 4.69) is 26.2 Å². The van der Waals surface area contributed by atoms with Crippen LogP contribution in [0.1, 0.15) is 5.69 Å². The summed E-state index contributed by atoms with van der Waals surface area (Å²) in [4.78, 5) is 3.27. The van der Waals surface area contributed by atoms with Crippen LogP contribution < -0.4 is 11.1 Å². The second kappa shape index (κ2) is 5.08. The van der Waals surface area contributed by atoms with Crippen LogP contribution in [0.2, 0.25) is 0 Å². The fourth-order valence-electron chi connectivity index (χ4n) is 1.45. The van der Waals surface area contributed by atoms with E-state index in [1.165, 1.54) is 0 Å². The fourth-order valence-corrected chi connectivity index (χ4v) is 1.85. The molecular weight excluding hydrogens is 323 g/mol. The zero-order valence-corrected chi connectivity index (χ0v) is 11.1. The van der Waals surface area contributed by atoms with Crippen LogP contribution in [0.25, 0.3) is 0 Å². The molecule has 0 fully saturated rings. The van der Waals surface area contributed by atoms with Gasteiger partial charge in [-0.05, 0) is 24.3 Å². The SMILES string of the molecule is Nc1cnc(C(F)(F)F)cc1Nc1cccc(Br)c1. The van der Waals surface area contributed by atoms with Gasteiger partial charge < -0.3 is 11.1 Å². The third-order valence-corrected chi connectivity index (χ3v) is 2.82. The fraction of sp³-hybridized carbons (Fsp3) is 0.0833. The molecule has 0 aliphatic heterocycles. The molecule has 3 N–H and O–H groups in total. The Labute approximate surface area is 115 Å². The first-order chi connectivity index (χ1) is 8.86. The van der Waals surface area contributed by atoms with Crippen LogP contribution in [0.4, 0.5) is 30.2 Å². The predicted octanol–water partition coefficient (Wildman–Crippen LogP) is 4.19. The molecule has 0 radical (unpaired) electrons. The van der Waals surface area contributed by atoms with Crippen LogP contribution in [0.3, 0.4) is 0 Å². The van der Waals surface area contributed by atoms with Gasteiger partial charge in [0.2, 0.25) is 0 Å². The van der Waals surface area contributed by atoms with Crippen molar-refractivity contribution in [3.8, 4) is 0 Å². The first-order valence-electron chi connectivity index (χ1n) is 5.21. The van der Waals surface area contributed by atoms with Crippen molar-refractivity contribution < 1.29 is 13.2 Å². The minimum Gasteiger partial charge on any atom is -0.396 e. The quantitative estimate of drug-likeness (QED) is 0.867. The molecule has 0 spiro atoms. The normalized spacial score (nSPS) is 11.4. The molecule has 7 heteroatoms. The molecule has 0 atom stereocenters. The van der Waals surface area contributed by atoms with Crippen LogP contribution in [-0.2, 0) is 6.18 Å². The maximum absolute atomic E-state index is 12.6. The number of rotatable bonds is 2. The smallest absolute Gasteiger partial charge is 0.396 e. The summed E-state index contributed by atoms with van der Waals surface area (Å²) in [5.41, 5.74) is 5.57. The Morgan fingerprint density at radius 2 is 1.95 bits per heavy atom. The number of nitrogens with zero attached hydrogens (tertiary/aromatic N) is 1. The number of benzene rings is 1. The molecule has 100 valence electrons. The topological polar surface area (TPSA) is 50.9 Å². The lowest BCUT2D eigenvalue weighted by Crippen LogP contribution is -2.09. The molecule has 1 aromatic heterocycles. The van der Waals surface area contributed by atoms with Gasteiger partial charge in [-0.2, -0.15) is 13.2 Å². The summed E-state index contributed by atoms with van der Waals surface area (Å²) in [5.74, 6) is 0. The zero-order valence-electron chi connectivity index (χ0n) is 9.50. The van der Waals surface area contributed by atoms with Crippen LogP contribution in [0.5, 0.6) is 0 Å². The third kappa shape index (κ3) is 3.37. The Morgan fingerprint density at radius 3 is 2.58 bits per heavy atom. The summed E-state index contributed by atoms with van der Waals surface area (Å²) in [6.07, 6.45) is -3.51. The number of nitrogens with two attached hydrogens (primary N) is 1. The second-order valence-corrected chi connectivity index (χ2v) is 4.71. The van der Waals surface area contributed by atoms with Crippen molar-refractivity contribution in [2.75, 3.05) is 11.1 Å². The zero-order chi connectivity index (χ0) is 14.0.